The Kier molecular flexibility index (Phi) is 4.57. The van der Waals surface area contributed by atoms with Crippen LogP contribution in [0.2, 0.25) is 5.02 Å². The fourth-order valence-electron chi connectivity index (χ4n) is 2.84. The van der Waals surface area contributed by atoms with Crippen LogP contribution in [0, 0.1) is 28.4 Å². The first-order valence-electron chi connectivity index (χ1n) is 7.64. The minimum atomic E-state index is -0.510. The molecular weight excluding hydrogens is 352 g/mol. The number of non-ortho nitro benzene ring substituents is 1. The number of rotatable bonds is 3. The molecule has 0 aliphatic carbocycles. The molecule has 6 nitrogen and oxygen atoms in total. The minimum Gasteiger partial charge on any atom is -0.383 e. The number of nitrogens with two attached hydrogens (primary N) is 1. The number of halogens is 1. The number of pyridine rings is 1. The van der Waals surface area contributed by atoms with Crippen LogP contribution in [0.3, 0.4) is 0 Å². The van der Waals surface area contributed by atoms with Crippen molar-refractivity contribution in [2.75, 3.05) is 5.73 Å². The fourth-order valence-corrected chi connectivity index (χ4v) is 3.05. The lowest BCUT2D eigenvalue weighted by Gasteiger charge is -2.16. The smallest absolute Gasteiger partial charge is 0.270 e. The molecule has 7 heteroatoms. The van der Waals surface area contributed by atoms with E-state index in [1.807, 2.05) is 36.4 Å². The Morgan fingerprint density at radius 1 is 1.23 bits per heavy atom. The molecule has 0 atom stereocenters. The van der Waals surface area contributed by atoms with Crippen molar-refractivity contribution >= 4 is 23.1 Å². The highest BCUT2D eigenvalue weighted by Gasteiger charge is 2.21. The van der Waals surface area contributed by atoms with Gasteiger partial charge in [0.25, 0.3) is 5.69 Å². The zero-order valence-electron chi connectivity index (χ0n) is 13.7. The van der Waals surface area contributed by atoms with E-state index < -0.39 is 4.92 Å². The van der Waals surface area contributed by atoms with Crippen molar-refractivity contribution in [2.24, 2.45) is 0 Å². The molecule has 0 amide bonds. The highest BCUT2D eigenvalue weighted by molar-refractivity contribution is 6.33. The summed E-state index contributed by atoms with van der Waals surface area (Å²) in [6, 6.07) is 15.5. The van der Waals surface area contributed by atoms with Crippen LogP contribution in [0.4, 0.5) is 11.5 Å². The van der Waals surface area contributed by atoms with E-state index >= 15 is 0 Å². The number of aromatic nitrogens is 1. The summed E-state index contributed by atoms with van der Waals surface area (Å²) in [7, 11) is 0. The third-order valence-electron chi connectivity index (χ3n) is 4.06. The molecule has 1 aromatic heterocycles. The number of nitrogen functional groups attached to an aromatic ring is 1. The second-order valence-electron chi connectivity index (χ2n) is 5.62. The van der Waals surface area contributed by atoms with Crippen molar-refractivity contribution in [3.63, 3.8) is 0 Å². The predicted molar refractivity (Wildman–Crippen MR) is 101 cm³/mol. The Balaban J connectivity index is 2.38. The number of nitriles is 1. The molecule has 26 heavy (non-hydrogen) atoms. The van der Waals surface area contributed by atoms with Gasteiger partial charge in [0.2, 0.25) is 0 Å². The van der Waals surface area contributed by atoms with Crippen LogP contribution < -0.4 is 5.73 Å². The van der Waals surface area contributed by atoms with Gasteiger partial charge in [-0.15, -0.1) is 0 Å². The van der Waals surface area contributed by atoms with E-state index in [9.17, 15) is 15.4 Å². The van der Waals surface area contributed by atoms with Gasteiger partial charge < -0.3 is 5.73 Å². The molecule has 0 fully saturated rings. The maximum Gasteiger partial charge on any atom is 0.270 e. The highest BCUT2D eigenvalue weighted by atomic mass is 35.5. The number of benzene rings is 2. The summed E-state index contributed by atoms with van der Waals surface area (Å²) in [5.74, 6) is 0.0505. The molecule has 0 radical (unpaired) electrons. The third-order valence-corrected chi connectivity index (χ3v) is 4.39. The number of nitrogens with zero attached hydrogens (tertiary/aromatic N) is 3. The van der Waals surface area contributed by atoms with Gasteiger partial charge in [0.15, 0.2) is 0 Å². The van der Waals surface area contributed by atoms with Crippen molar-refractivity contribution in [1.82, 2.24) is 4.98 Å². The predicted octanol–water partition coefficient (Wildman–Crippen LogP) is 4.74. The van der Waals surface area contributed by atoms with Gasteiger partial charge in [0.05, 0.1) is 10.6 Å². The van der Waals surface area contributed by atoms with Crippen LogP contribution in [-0.4, -0.2) is 9.91 Å². The molecule has 2 aromatic carbocycles. The summed E-state index contributed by atoms with van der Waals surface area (Å²) in [6.07, 6.45) is 0. The van der Waals surface area contributed by atoms with Gasteiger partial charge in [0, 0.05) is 33.8 Å². The highest BCUT2D eigenvalue weighted by Crippen LogP contribution is 2.40. The third kappa shape index (κ3) is 2.96. The van der Waals surface area contributed by atoms with Crippen molar-refractivity contribution in [2.45, 2.75) is 6.92 Å². The Morgan fingerprint density at radius 3 is 2.54 bits per heavy atom. The van der Waals surface area contributed by atoms with Crippen molar-refractivity contribution in [1.29, 1.82) is 5.26 Å². The molecule has 0 aliphatic heterocycles. The summed E-state index contributed by atoms with van der Waals surface area (Å²) in [5.41, 5.74) is 8.95. The van der Waals surface area contributed by atoms with E-state index in [4.69, 9.17) is 17.3 Å². The van der Waals surface area contributed by atoms with Crippen molar-refractivity contribution in [3.8, 4) is 28.5 Å². The van der Waals surface area contributed by atoms with Crippen molar-refractivity contribution < 1.29 is 4.92 Å². The van der Waals surface area contributed by atoms with Crippen LogP contribution in [0.5, 0.6) is 0 Å². The van der Waals surface area contributed by atoms with E-state index in [2.05, 4.69) is 4.98 Å². The second-order valence-corrected chi connectivity index (χ2v) is 6.03. The first-order valence-corrected chi connectivity index (χ1v) is 8.01. The number of hydrogen-bond acceptors (Lipinski definition) is 5. The van der Waals surface area contributed by atoms with Gasteiger partial charge in [-0.2, -0.15) is 5.26 Å². The van der Waals surface area contributed by atoms with Gasteiger partial charge in [-0.1, -0.05) is 41.9 Å². The lowest BCUT2D eigenvalue weighted by molar-refractivity contribution is -0.384. The van der Waals surface area contributed by atoms with Crippen LogP contribution in [0.15, 0.2) is 48.5 Å². The van der Waals surface area contributed by atoms with Gasteiger partial charge >= 0.3 is 0 Å². The molecule has 0 aliphatic rings. The normalized spacial score (nSPS) is 10.3. The molecule has 2 N–H and O–H groups in total. The topological polar surface area (TPSA) is 106 Å². The summed E-state index contributed by atoms with van der Waals surface area (Å²) < 4.78 is 0. The molecule has 0 saturated heterocycles. The summed E-state index contributed by atoms with van der Waals surface area (Å²) in [4.78, 5) is 15.0. The van der Waals surface area contributed by atoms with Gasteiger partial charge in [0.1, 0.15) is 17.5 Å². The molecular formula is C19H13ClN4O2. The number of anilines is 1. The van der Waals surface area contributed by atoms with Crippen LogP contribution in [0.25, 0.3) is 22.4 Å². The Bertz CT molecular complexity index is 1060. The van der Waals surface area contributed by atoms with Crippen molar-refractivity contribution in [3.05, 3.63) is 74.8 Å². The Morgan fingerprint density at radius 2 is 1.92 bits per heavy atom. The average molecular weight is 365 g/mol. The van der Waals surface area contributed by atoms with Gasteiger partial charge in [-0.3, -0.25) is 10.1 Å². The molecule has 3 aromatic rings. The first kappa shape index (κ1) is 17.4. The fraction of sp³-hybridized carbons (Fsp3) is 0.0526. The first-order chi connectivity index (χ1) is 12.4. The number of nitro benzene ring substituents is 1. The van der Waals surface area contributed by atoms with E-state index in [1.54, 1.807) is 6.92 Å². The molecule has 128 valence electrons. The number of nitro groups is 1. The largest absolute Gasteiger partial charge is 0.383 e. The molecule has 0 saturated carbocycles. The number of hydrogen-bond donors (Lipinski definition) is 1. The standard InChI is InChI=1S/C19H13ClN4O2/c1-11-17(14-9-13(24(25)26)7-8-16(14)20)15(10-21)19(22)23-18(11)12-5-3-2-4-6-12/h2-9H,1H3,(H2,22,23). The van der Waals surface area contributed by atoms with E-state index in [1.165, 1.54) is 18.2 Å². The van der Waals surface area contributed by atoms with Gasteiger partial charge in [-0.05, 0) is 18.6 Å². The monoisotopic (exact) mass is 364 g/mol. The van der Waals surface area contributed by atoms with E-state index in [0.717, 1.165) is 5.56 Å². The lowest BCUT2D eigenvalue weighted by atomic mass is 9.92. The SMILES string of the molecule is Cc1c(-c2ccccc2)nc(N)c(C#N)c1-c1cc([N+](=O)[O-])ccc1Cl. The molecule has 1 heterocycles. The minimum absolute atomic E-state index is 0.0505. The van der Waals surface area contributed by atoms with E-state index in [0.29, 0.717) is 27.4 Å². The summed E-state index contributed by atoms with van der Waals surface area (Å²) in [5, 5.41) is 21.0. The maximum absolute atomic E-state index is 11.2. The molecule has 0 spiro atoms. The maximum atomic E-state index is 11.2. The van der Waals surface area contributed by atoms with Crippen LogP contribution in [-0.2, 0) is 0 Å². The zero-order valence-corrected chi connectivity index (χ0v) is 14.5. The summed E-state index contributed by atoms with van der Waals surface area (Å²) in [6.45, 7) is 1.79. The Labute approximate surface area is 154 Å². The zero-order chi connectivity index (χ0) is 18.8. The van der Waals surface area contributed by atoms with Gasteiger partial charge in [-0.25, -0.2) is 4.98 Å². The Hall–Kier alpha value is -3.43. The molecule has 0 unspecified atom stereocenters. The van der Waals surface area contributed by atoms with Crippen LogP contribution in [0.1, 0.15) is 11.1 Å². The van der Waals surface area contributed by atoms with E-state index in [-0.39, 0.29) is 17.1 Å². The van der Waals surface area contributed by atoms with Crippen LogP contribution >= 0.6 is 11.6 Å². The lowest BCUT2D eigenvalue weighted by Crippen LogP contribution is -2.03. The molecule has 3 rings (SSSR count). The second kappa shape index (κ2) is 6.82. The quantitative estimate of drug-likeness (QED) is 0.533. The summed E-state index contributed by atoms with van der Waals surface area (Å²) >= 11 is 6.29. The average Bonchev–Trinajstić information content (AvgIpc) is 2.64. The molecule has 0 bridgehead atoms.